The molecule has 2 rings (SSSR count). The van der Waals surface area contributed by atoms with E-state index in [-0.39, 0.29) is 11.5 Å². The standard InChI is InChI=1S/C18H25N3O7S.C2HF3O2/c1-13(2)11-19-6-8-20(9-7-19)17(22)12-28-18(23)14-4-5-16(29(3,26)27)15(10-14)21(24)25;3-2(4,5)1(6)7/h4-5,10,13H,6-9,11-12H2,1-3H3;(H,6,7). The number of carboxylic acid groups (broad SMARTS) is 1. The largest absolute Gasteiger partial charge is 0.490 e. The van der Waals surface area contributed by atoms with Crippen molar-refractivity contribution < 1.29 is 50.7 Å². The average molecular weight is 542 g/mol. The molecule has 1 aromatic rings. The quantitative estimate of drug-likeness (QED) is 0.304. The van der Waals surface area contributed by atoms with E-state index in [0.29, 0.717) is 19.0 Å². The van der Waals surface area contributed by atoms with Crippen molar-refractivity contribution in [3.8, 4) is 0 Å². The highest BCUT2D eigenvalue weighted by atomic mass is 32.2. The molecule has 1 N–H and O–H groups in total. The topological polar surface area (TPSA) is 164 Å². The van der Waals surface area contributed by atoms with Gasteiger partial charge in [0.1, 0.15) is 4.90 Å². The summed E-state index contributed by atoms with van der Waals surface area (Å²) in [6.07, 6.45) is -4.24. The van der Waals surface area contributed by atoms with Gasteiger partial charge in [-0.3, -0.25) is 19.8 Å². The second kappa shape index (κ2) is 12.6. The van der Waals surface area contributed by atoms with Gasteiger partial charge in [0.25, 0.3) is 11.6 Å². The molecule has 0 aromatic heterocycles. The molecule has 0 radical (unpaired) electrons. The number of nitro groups is 1. The highest BCUT2D eigenvalue weighted by Gasteiger charge is 2.38. The van der Waals surface area contributed by atoms with Crippen molar-refractivity contribution in [3.63, 3.8) is 0 Å². The van der Waals surface area contributed by atoms with Crippen LogP contribution < -0.4 is 0 Å². The van der Waals surface area contributed by atoms with Gasteiger partial charge >= 0.3 is 18.1 Å². The van der Waals surface area contributed by atoms with E-state index in [9.17, 15) is 41.3 Å². The van der Waals surface area contributed by atoms with Gasteiger partial charge in [-0.15, -0.1) is 0 Å². The number of carbonyl (C=O) groups excluding carboxylic acids is 2. The number of piperazine rings is 1. The number of hydrogen-bond donors (Lipinski definition) is 1. The third-order valence-corrected chi connectivity index (χ3v) is 5.85. The fourth-order valence-electron chi connectivity index (χ4n) is 3.10. The number of aliphatic carboxylic acids is 1. The van der Waals surface area contributed by atoms with E-state index < -0.39 is 50.1 Å². The molecule has 12 nitrogen and oxygen atoms in total. The monoisotopic (exact) mass is 541 g/mol. The summed E-state index contributed by atoms with van der Waals surface area (Å²) in [5, 5.41) is 18.3. The van der Waals surface area contributed by atoms with Crippen LogP contribution >= 0.6 is 0 Å². The Bertz CT molecular complexity index is 1080. The van der Waals surface area contributed by atoms with Gasteiger partial charge in [0, 0.05) is 45.0 Å². The van der Waals surface area contributed by atoms with E-state index in [1.165, 1.54) is 0 Å². The second-order valence-corrected chi connectivity index (χ2v) is 10.2. The number of sulfone groups is 1. The first kappa shape index (κ1) is 30.8. The van der Waals surface area contributed by atoms with Crippen molar-refractivity contribution in [2.24, 2.45) is 5.92 Å². The van der Waals surface area contributed by atoms with Gasteiger partial charge in [-0.05, 0) is 18.1 Å². The highest BCUT2D eigenvalue weighted by molar-refractivity contribution is 7.90. The van der Waals surface area contributed by atoms with Crippen LogP contribution in [0.5, 0.6) is 0 Å². The normalized spacial score (nSPS) is 14.6. The maximum atomic E-state index is 12.3. The molecule has 1 heterocycles. The maximum Gasteiger partial charge on any atom is 0.490 e. The van der Waals surface area contributed by atoms with Gasteiger partial charge in [-0.25, -0.2) is 18.0 Å². The first-order valence-electron chi connectivity index (χ1n) is 10.4. The molecule has 1 aliphatic rings. The Labute approximate surface area is 204 Å². The molecular formula is C20H26F3N3O9S. The molecule has 1 saturated heterocycles. The van der Waals surface area contributed by atoms with Gasteiger partial charge < -0.3 is 14.7 Å². The lowest BCUT2D eigenvalue weighted by molar-refractivity contribution is -0.387. The molecule has 36 heavy (non-hydrogen) atoms. The first-order valence-corrected chi connectivity index (χ1v) is 12.3. The molecule has 1 fully saturated rings. The molecule has 1 amide bonds. The molecule has 1 aliphatic heterocycles. The predicted octanol–water partition coefficient (Wildman–Crippen LogP) is 1.59. The number of alkyl halides is 3. The van der Waals surface area contributed by atoms with Crippen LogP contribution in [-0.2, 0) is 24.2 Å². The molecule has 0 spiro atoms. The zero-order chi connectivity index (χ0) is 27.8. The van der Waals surface area contributed by atoms with Gasteiger partial charge in [-0.2, -0.15) is 13.2 Å². The van der Waals surface area contributed by atoms with Crippen molar-refractivity contribution in [2.45, 2.75) is 24.9 Å². The smallest absolute Gasteiger partial charge is 0.475 e. The van der Waals surface area contributed by atoms with E-state index in [0.717, 1.165) is 44.1 Å². The Morgan fingerprint density at radius 2 is 1.69 bits per heavy atom. The lowest BCUT2D eigenvalue weighted by atomic mass is 10.2. The van der Waals surface area contributed by atoms with Crippen LogP contribution in [0.25, 0.3) is 0 Å². The van der Waals surface area contributed by atoms with E-state index in [2.05, 4.69) is 18.7 Å². The van der Waals surface area contributed by atoms with Crippen LogP contribution in [-0.4, -0.2) is 97.9 Å². The van der Waals surface area contributed by atoms with Crippen molar-refractivity contribution >= 4 is 33.4 Å². The summed E-state index contributed by atoms with van der Waals surface area (Å²) in [6, 6.07) is 2.95. The molecular weight excluding hydrogens is 515 g/mol. The van der Waals surface area contributed by atoms with Gasteiger partial charge in [0.05, 0.1) is 10.5 Å². The number of rotatable bonds is 7. The third-order valence-electron chi connectivity index (χ3n) is 4.71. The fraction of sp³-hybridized carbons (Fsp3) is 0.550. The average Bonchev–Trinajstić information content (AvgIpc) is 2.76. The van der Waals surface area contributed by atoms with Crippen molar-refractivity contribution in [2.75, 3.05) is 45.6 Å². The number of carbonyl (C=O) groups is 3. The minimum atomic E-state index is -5.08. The summed E-state index contributed by atoms with van der Waals surface area (Å²) >= 11 is 0. The number of benzene rings is 1. The van der Waals surface area contributed by atoms with E-state index >= 15 is 0 Å². The van der Waals surface area contributed by atoms with Crippen molar-refractivity contribution in [1.29, 1.82) is 0 Å². The summed E-state index contributed by atoms with van der Waals surface area (Å²) in [7, 11) is -3.83. The Kier molecular flexibility index (Phi) is 10.8. The van der Waals surface area contributed by atoms with Gasteiger partial charge in [0.2, 0.25) is 0 Å². The molecule has 202 valence electrons. The Morgan fingerprint density at radius 3 is 2.11 bits per heavy atom. The van der Waals surface area contributed by atoms with Crippen LogP contribution in [0, 0.1) is 16.0 Å². The van der Waals surface area contributed by atoms with Gasteiger partial charge in [-0.1, -0.05) is 13.8 Å². The number of amides is 1. The SMILES string of the molecule is CC(C)CN1CCN(C(=O)COC(=O)c2ccc(S(C)(=O)=O)c([N+](=O)[O-])c2)CC1.O=C(O)C(F)(F)F. The van der Waals surface area contributed by atoms with Crippen LogP contribution in [0.4, 0.5) is 18.9 Å². The summed E-state index contributed by atoms with van der Waals surface area (Å²) in [4.78, 5) is 47.0. The molecule has 0 atom stereocenters. The van der Waals surface area contributed by atoms with Gasteiger partial charge in [0.15, 0.2) is 16.4 Å². The molecule has 16 heteroatoms. The minimum Gasteiger partial charge on any atom is -0.475 e. The zero-order valence-electron chi connectivity index (χ0n) is 19.6. The number of ether oxygens (including phenoxy) is 1. The Balaban J connectivity index is 0.000000809. The Hall–Kier alpha value is -3.27. The summed E-state index contributed by atoms with van der Waals surface area (Å²) in [6.45, 7) is 7.31. The van der Waals surface area contributed by atoms with Crippen LogP contribution in [0.1, 0.15) is 24.2 Å². The number of hydrogen-bond acceptors (Lipinski definition) is 9. The third kappa shape index (κ3) is 9.77. The summed E-state index contributed by atoms with van der Waals surface area (Å²) in [5.74, 6) is -3.49. The van der Waals surface area contributed by atoms with E-state index in [1.807, 2.05) is 0 Å². The first-order chi connectivity index (χ1) is 16.4. The van der Waals surface area contributed by atoms with Crippen LogP contribution in [0.15, 0.2) is 23.1 Å². The second-order valence-electron chi connectivity index (χ2n) is 8.17. The van der Waals surface area contributed by atoms with E-state index in [1.54, 1.807) is 4.90 Å². The van der Waals surface area contributed by atoms with E-state index in [4.69, 9.17) is 14.6 Å². The maximum absolute atomic E-state index is 12.3. The molecule has 0 unspecified atom stereocenters. The number of esters is 1. The van der Waals surface area contributed by atoms with Crippen molar-refractivity contribution in [3.05, 3.63) is 33.9 Å². The number of nitro benzene ring substituents is 1. The number of halogens is 3. The zero-order valence-corrected chi connectivity index (χ0v) is 20.5. The fourth-order valence-corrected chi connectivity index (χ4v) is 3.93. The molecule has 1 aromatic carbocycles. The highest BCUT2D eigenvalue weighted by Crippen LogP contribution is 2.25. The molecule has 0 bridgehead atoms. The van der Waals surface area contributed by atoms with Crippen LogP contribution in [0.3, 0.4) is 0 Å². The minimum absolute atomic E-state index is 0.196. The summed E-state index contributed by atoms with van der Waals surface area (Å²) in [5.41, 5.74) is -0.909. The predicted molar refractivity (Wildman–Crippen MR) is 118 cm³/mol. The lowest BCUT2D eigenvalue weighted by Gasteiger charge is -2.35. The molecule has 0 aliphatic carbocycles. The lowest BCUT2D eigenvalue weighted by Crippen LogP contribution is -2.50. The van der Waals surface area contributed by atoms with Crippen molar-refractivity contribution in [1.82, 2.24) is 9.80 Å². The summed E-state index contributed by atoms with van der Waals surface area (Å²) < 4.78 is 60.0. The molecule has 0 saturated carbocycles. The van der Waals surface area contributed by atoms with Crippen LogP contribution in [0.2, 0.25) is 0 Å². The Morgan fingerprint density at radius 1 is 1.17 bits per heavy atom. The number of carboxylic acids is 1. The number of nitrogens with zero attached hydrogens (tertiary/aromatic N) is 3.